The molecule has 1 rings (SSSR count). The largest absolute Gasteiger partial charge is 0.482 e. The van der Waals surface area contributed by atoms with E-state index in [0.29, 0.717) is 5.56 Å². The van der Waals surface area contributed by atoms with Crippen LogP contribution in [0.25, 0.3) is 0 Å². The first-order valence-corrected chi connectivity index (χ1v) is 5.25. The summed E-state index contributed by atoms with van der Waals surface area (Å²) in [4.78, 5) is 3.86. The molecule has 0 amide bonds. The molecule has 98 valence electrons. The number of nitrogens with one attached hydrogen (secondary N) is 1. The molecule has 1 aromatic carbocycles. The summed E-state index contributed by atoms with van der Waals surface area (Å²) < 4.78 is 17.9. The molecule has 5 nitrogen and oxygen atoms in total. The zero-order valence-electron chi connectivity index (χ0n) is 10.5. The third kappa shape index (κ3) is 3.27. The Bertz CT molecular complexity index is 493. The number of benzene rings is 1. The molecule has 18 heavy (non-hydrogen) atoms. The number of rotatable bonds is 2. The molecule has 0 heterocycles. The van der Waals surface area contributed by atoms with Gasteiger partial charge in [0.05, 0.1) is 12.8 Å². The Morgan fingerprint density at radius 3 is 2.56 bits per heavy atom. The van der Waals surface area contributed by atoms with Gasteiger partial charge in [0.25, 0.3) is 0 Å². The number of nitrogen functional groups attached to an aromatic ring is 1. The predicted molar refractivity (Wildman–Crippen MR) is 68.4 cm³/mol. The van der Waals surface area contributed by atoms with E-state index < -0.39 is 11.4 Å². The topological polar surface area (TPSA) is 91.7 Å². The number of anilines is 1. The third-order valence-electron chi connectivity index (χ3n) is 2.20. The molecule has 1 aromatic rings. The Kier molecular flexibility index (Phi) is 4.03. The lowest BCUT2D eigenvalue weighted by atomic mass is 10.1. The van der Waals surface area contributed by atoms with Gasteiger partial charge in [-0.15, -0.1) is 0 Å². The van der Waals surface area contributed by atoms with Crippen LogP contribution in [0.1, 0.15) is 19.4 Å². The number of aliphatic hydroxyl groups is 1. The molecule has 0 unspecified atom stereocenters. The Balaban J connectivity index is 3.07. The fraction of sp³-hybridized carbons (Fsp3) is 0.333. The first-order valence-electron chi connectivity index (χ1n) is 5.25. The highest BCUT2D eigenvalue weighted by Crippen LogP contribution is 2.14. The molecule has 0 radical (unpaired) electrons. The van der Waals surface area contributed by atoms with Gasteiger partial charge < -0.3 is 15.6 Å². The first kappa shape index (κ1) is 14.1. The first-order chi connectivity index (χ1) is 8.25. The van der Waals surface area contributed by atoms with Crippen molar-refractivity contribution in [1.82, 2.24) is 0 Å². The number of amidine groups is 1. The zero-order valence-corrected chi connectivity index (χ0v) is 10.5. The number of nitrogens with zero attached hydrogens (tertiary/aromatic N) is 1. The van der Waals surface area contributed by atoms with Crippen LogP contribution in [0.2, 0.25) is 0 Å². The zero-order chi connectivity index (χ0) is 13.9. The summed E-state index contributed by atoms with van der Waals surface area (Å²) in [7, 11) is 1.35. The smallest absolute Gasteiger partial charge is 0.222 e. The van der Waals surface area contributed by atoms with E-state index in [1.54, 1.807) is 0 Å². The van der Waals surface area contributed by atoms with Crippen LogP contribution >= 0.6 is 0 Å². The lowest BCUT2D eigenvalue weighted by Gasteiger charge is -2.18. The molecule has 0 aliphatic rings. The summed E-state index contributed by atoms with van der Waals surface area (Å²) in [6.45, 7) is 2.98. The van der Waals surface area contributed by atoms with Crippen molar-refractivity contribution in [2.24, 2.45) is 4.99 Å². The van der Waals surface area contributed by atoms with Crippen LogP contribution in [0.5, 0.6) is 0 Å². The number of aliphatic imine (C=N–C) groups is 1. The van der Waals surface area contributed by atoms with Crippen molar-refractivity contribution in [3.8, 4) is 0 Å². The number of nitrogens with two attached hydrogens (primary N) is 1. The summed E-state index contributed by atoms with van der Waals surface area (Å²) in [6, 6.07) is 3.85. The molecule has 0 spiro atoms. The number of methoxy groups -OCH3 is 1. The Labute approximate surface area is 105 Å². The van der Waals surface area contributed by atoms with Crippen LogP contribution in [0.3, 0.4) is 0 Å². The lowest BCUT2D eigenvalue weighted by molar-refractivity contribution is 0.124. The summed E-state index contributed by atoms with van der Waals surface area (Å²) in [5.41, 5.74) is 4.39. The van der Waals surface area contributed by atoms with Crippen LogP contribution in [0.15, 0.2) is 23.2 Å². The van der Waals surface area contributed by atoms with Gasteiger partial charge in [-0.3, -0.25) is 5.41 Å². The van der Waals surface area contributed by atoms with E-state index in [0.717, 1.165) is 6.07 Å². The molecular weight excluding hydrogens is 237 g/mol. The highest BCUT2D eigenvalue weighted by atomic mass is 19.1. The second kappa shape index (κ2) is 5.14. The van der Waals surface area contributed by atoms with Gasteiger partial charge in [0, 0.05) is 5.56 Å². The second-order valence-electron chi connectivity index (χ2n) is 4.26. The molecular formula is C12H16FN3O2. The maximum atomic E-state index is 13.0. The Morgan fingerprint density at radius 2 is 2.11 bits per heavy atom. The summed E-state index contributed by atoms with van der Waals surface area (Å²) in [5, 5.41) is 17.5. The fourth-order valence-corrected chi connectivity index (χ4v) is 1.29. The van der Waals surface area contributed by atoms with Gasteiger partial charge >= 0.3 is 0 Å². The normalized spacial score (nSPS) is 12.4. The highest BCUT2D eigenvalue weighted by molar-refractivity contribution is 6.05. The van der Waals surface area contributed by atoms with Crippen molar-refractivity contribution in [1.29, 1.82) is 5.41 Å². The minimum absolute atomic E-state index is 0.00426. The van der Waals surface area contributed by atoms with E-state index in [1.165, 1.54) is 33.1 Å². The maximum Gasteiger partial charge on any atom is 0.222 e. The summed E-state index contributed by atoms with van der Waals surface area (Å²) in [6.07, 6.45) is 0. The highest BCUT2D eigenvalue weighted by Gasteiger charge is 2.23. The van der Waals surface area contributed by atoms with Crippen molar-refractivity contribution in [2.75, 3.05) is 12.8 Å². The van der Waals surface area contributed by atoms with E-state index in [2.05, 4.69) is 4.99 Å². The van der Waals surface area contributed by atoms with Crippen molar-refractivity contribution >= 4 is 17.4 Å². The quantitative estimate of drug-likeness (QED) is 0.424. The molecule has 0 saturated carbocycles. The Hall–Kier alpha value is -1.95. The number of halogens is 1. The van der Waals surface area contributed by atoms with Gasteiger partial charge in [-0.25, -0.2) is 4.39 Å². The van der Waals surface area contributed by atoms with E-state index in [4.69, 9.17) is 15.9 Å². The van der Waals surface area contributed by atoms with Gasteiger partial charge in [0.2, 0.25) is 5.90 Å². The van der Waals surface area contributed by atoms with Crippen molar-refractivity contribution in [3.63, 3.8) is 0 Å². The van der Waals surface area contributed by atoms with Crippen molar-refractivity contribution in [2.45, 2.75) is 19.4 Å². The second-order valence-corrected chi connectivity index (χ2v) is 4.26. The lowest BCUT2D eigenvalue weighted by Crippen LogP contribution is -2.33. The van der Waals surface area contributed by atoms with Crippen LogP contribution < -0.4 is 5.73 Å². The van der Waals surface area contributed by atoms with Gasteiger partial charge in [0.15, 0.2) is 5.84 Å². The van der Waals surface area contributed by atoms with Crippen LogP contribution in [0.4, 0.5) is 10.1 Å². The minimum atomic E-state index is -1.30. The van der Waals surface area contributed by atoms with E-state index in [-0.39, 0.29) is 17.4 Å². The molecule has 0 aromatic heterocycles. The number of hydrogen-bond acceptors (Lipinski definition) is 4. The summed E-state index contributed by atoms with van der Waals surface area (Å²) >= 11 is 0. The Morgan fingerprint density at radius 1 is 1.50 bits per heavy atom. The monoisotopic (exact) mass is 253 g/mol. The fourth-order valence-electron chi connectivity index (χ4n) is 1.29. The van der Waals surface area contributed by atoms with Gasteiger partial charge in [-0.05, 0) is 32.0 Å². The van der Waals surface area contributed by atoms with Gasteiger partial charge in [-0.1, -0.05) is 0 Å². The van der Waals surface area contributed by atoms with E-state index >= 15 is 0 Å². The third-order valence-corrected chi connectivity index (χ3v) is 2.20. The minimum Gasteiger partial charge on any atom is -0.482 e. The molecule has 6 heteroatoms. The number of hydrogen-bond donors (Lipinski definition) is 3. The summed E-state index contributed by atoms with van der Waals surface area (Å²) in [5.74, 6) is -0.721. The molecule has 0 saturated heterocycles. The molecule has 0 aliphatic heterocycles. The molecule has 0 bridgehead atoms. The van der Waals surface area contributed by atoms with E-state index in [9.17, 15) is 9.50 Å². The SMILES string of the molecule is CO/C(=N\C(=N)c1ccc(F)c(N)c1)C(C)(C)O. The van der Waals surface area contributed by atoms with E-state index in [1.807, 2.05) is 0 Å². The van der Waals surface area contributed by atoms with Crippen LogP contribution in [-0.4, -0.2) is 29.6 Å². The predicted octanol–water partition coefficient (Wildman–Crippen LogP) is 1.55. The molecule has 0 atom stereocenters. The number of ether oxygens (including phenoxy) is 1. The van der Waals surface area contributed by atoms with Crippen LogP contribution in [-0.2, 0) is 4.74 Å². The average Bonchev–Trinajstić information content (AvgIpc) is 2.27. The van der Waals surface area contributed by atoms with Crippen molar-refractivity contribution < 1.29 is 14.2 Å². The van der Waals surface area contributed by atoms with Gasteiger partial charge in [0.1, 0.15) is 11.4 Å². The molecule has 4 N–H and O–H groups in total. The van der Waals surface area contributed by atoms with Gasteiger partial charge in [-0.2, -0.15) is 4.99 Å². The molecule has 0 fully saturated rings. The van der Waals surface area contributed by atoms with Crippen molar-refractivity contribution in [3.05, 3.63) is 29.6 Å². The maximum absolute atomic E-state index is 13.0. The average molecular weight is 253 g/mol. The van der Waals surface area contributed by atoms with Crippen LogP contribution in [0, 0.1) is 11.2 Å². The standard InChI is InChI=1S/C12H16FN3O2/c1-12(2,17)11(18-3)16-10(15)7-4-5-8(13)9(14)6-7/h4-6,15,17H,14H2,1-3H3/b15-10?,16-11-. The molecule has 0 aliphatic carbocycles.